The summed E-state index contributed by atoms with van der Waals surface area (Å²) in [5.74, 6) is 0.120. The maximum atomic E-state index is 14.6. The molecule has 0 spiro atoms. The number of alkyl halides is 3. The minimum atomic E-state index is -4.89. The topological polar surface area (TPSA) is 9.23 Å². The maximum Gasteiger partial charge on any atom is 0.573 e. The molecule has 1 unspecified atom stereocenters. The number of ether oxygens (including phenoxy) is 1. The minimum absolute atomic E-state index is 0.252. The molecule has 1 fully saturated rings. The Balaban J connectivity index is 1.36. The summed E-state index contributed by atoms with van der Waals surface area (Å²) in [7, 11) is 0. The number of allylic oxidation sites excluding steroid dienone is 2. The van der Waals surface area contributed by atoms with E-state index in [1.165, 1.54) is 49.7 Å². The Morgan fingerprint density at radius 2 is 1.58 bits per heavy atom. The van der Waals surface area contributed by atoms with Gasteiger partial charge in [-0.05, 0) is 111 Å². The van der Waals surface area contributed by atoms with Crippen LogP contribution >= 0.6 is 0 Å². The first-order valence-corrected chi connectivity index (χ1v) is 12.1. The van der Waals surface area contributed by atoms with E-state index in [1.807, 2.05) is 0 Å². The van der Waals surface area contributed by atoms with Gasteiger partial charge >= 0.3 is 6.36 Å². The number of hydrogen-bond acceptors (Lipinski definition) is 1. The number of fused-ring (bicyclic) bond motifs is 1. The molecule has 2 aromatic rings. The van der Waals surface area contributed by atoms with Crippen molar-refractivity contribution in [3.63, 3.8) is 0 Å². The molecule has 2 aliphatic rings. The van der Waals surface area contributed by atoms with Crippen molar-refractivity contribution in [2.45, 2.75) is 82.9 Å². The lowest BCUT2D eigenvalue weighted by atomic mass is 9.76. The largest absolute Gasteiger partial charge is 0.573 e. The van der Waals surface area contributed by atoms with Crippen molar-refractivity contribution >= 4 is 0 Å². The van der Waals surface area contributed by atoms with Gasteiger partial charge in [0.2, 0.25) is 0 Å². The van der Waals surface area contributed by atoms with Gasteiger partial charge in [-0.25, -0.2) is 4.39 Å². The summed E-state index contributed by atoms with van der Waals surface area (Å²) < 4.78 is 55.9. The van der Waals surface area contributed by atoms with E-state index in [0.717, 1.165) is 24.0 Å². The quantitative estimate of drug-likeness (QED) is 0.310. The van der Waals surface area contributed by atoms with Crippen LogP contribution in [0, 0.1) is 11.7 Å². The Bertz CT molecular complexity index is 953. The number of benzene rings is 2. The van der Waals surface area contributed by atoms with Crippen LogP contribution in [0.1, 0.15) is 86.0 Å². The van der Waals surface area contributed by atoms with Gasteiger partial charge in [-0.1, -0.05) is 42.5 Å². The van der Waals surface area contributed by atoms with Crippen molar-refractivity contribution in [3.05, 3.63) is 76.6 Å². The predicted molar refractivity (Wildman–Crippen MR) is 123 cm³/mol. The molecular weight excluding hydrogens is 428 g/mol. The monoisotopic (exact) mass is 460 g/mol. The van der Waals surface area contributed by atoms with E-state index < -0.39 is 17.9 Å². The molecule has 0 bridgehead atoms. The maximum absolute atomic E-state index is 14.6. The predicted octanol–water partition coefficient (Wildman–Crippen LogP) is 8.63. The van der Waals surface area contributed by atoms with E-state index in [4.69, 9.17) is 0 Å². The van der Waals surface area contributed by atoms with Crippen molar-refractivity contribution in [2.75, 3.05) is 0 Å². The van der Waals surface area contributed by atoms with Gasteiger partial charge in [0.05, 0.1) is 0 Å². The van der Waals surface area contributed by atoms with Crippen molar-refractivity contribution in [2.24, 2.45) is 5.92 Å². The van der Waals surface area contributed by atoms with Gasteiger partial charge in [-0.15, -0.1) is 13.2 Å². The molecule has 0 N–H and O–H groups in total. The van der Waals surface area contributed by atoms with Crippen LogP contribution in [0.15, 0.2) is 48.6 Å². The van der Waals surface area contributed by atoms with Gasteiger partial charge in [0.25, 0.3) is 0 Å². The van der Waals surface area contributed by atoms with Gasteiger partial charge in [0, 0.05) is 0 Å². The van der Waals surface area contributed by atoms with Crippen LogP contribution in [0.4, 0.5) is 17.6 Å². The lowest BCUT2D eigenvalue weighted by molar-refractivity contribution is -0.275. The highest BCUT2D eigenvalue weighted by molar-refractivity contribution is 5.41. The van der Waals surface area contributed by atoms with Gasteiger partial charge < -0.3 is 4.74 Å². The summed E-state index contributed by atoms with van der Waals surface area (Å²) in [4.78, 5) is 0. The molecule has 0 radical (unpaired) electrons. The zero-order valence-electron chi connectivity index (χ0n) is 19.1. The van der Waals surface area contributed by atoms with Crippen molar-refractivity contribution in [1.29, 1.82) is 0 Å². The average molecular weight is 461 g/mol. The van der Waals surface area contributed by atoms with Crippen LogP contribution < -0.4 is 4.74 Å². The van der Waals surface area contributed by atoms with E-state index in [2.05, 4.69) is 48.1 Å². The van der Waals surface area contributed by atoms with E-state index in [0.29, 0.717) is 24.3 Å². The lowest BCUT2D eigenvalue weighted by Gasteiger charge is -2.29. The third kappa shape index (κ3) is 5.99. The highest BCUT2D eigenvalue weighted by Crippen LogP contribution is 2.40. The van der Waals surface area contributed by atoms with E-state index in [1.54, 1.807) is 6.07 Å². The first-order valence-electron chi connectivity index (χ1n) is 12.1. The van der Waals surface area contributed by atoms with Crippen molar-refractivity contribution < 1.29 is 22.3 Å². The minimum Gasteiger partial charge on any atom is -0.403 e. The second-order valence-electron chi connectivity index (χ2n) is 9.53. The summed E-state index contributed by atoms with van der Waals surface area (Å²) in [6, 6.07) is 11.6. The number of halogens is 4. The van der Waals surface area contributed by atoms with Crippen LogP contribution in [-0.2, 0) is 12.8 Å². The van der Waals surface area contributed by atoms with E-state index in [9.17, 15) is 17.6 Å². The first-order chi connectivity index (χ1) is 15.8. The molecule has 2 aliphatic carbocycles. The Morgan fingerprint density at radius 3 is 2.21 bits per heavy atom. The zero-order chi connectivity index (χ0) is 23.4. The highest BCUT2D eigenvalue weighted by Gasteiger charge is 2.34. The summed E-state index contributed by atoms with van der Waals surface area (Å²) in [6.07, 6.45) is 8.85. The standard InChI is InChI=1S/C28H32F4O/c1-2-3-4-5-19-6-8-20(9-7-19)21-10-12-22(13-11-21)23-14-16-25-24(18-23)15-17-26(27(25)29)33-28(30,31)32/h2-3,10-13,15,17,19-20,23H,4-9,14,16,18H2,1H3/b3-2+. The Hall–Kier alpha value is -2.30. The summed E-state index contributed by atoms with van der Waals surface area (Å²) in [5.41, 5.74) is 3.76. The normalized spacial score (nSPS) is 23.5. The SMILES string of the molecule is C/C=C/CCC1CCC(c2ccc(C3CCc4c(ccc(OC(F)(F)F)c4F)C3)cc2)CC1. The molecule has 2 aromatic carbocycles. The smallest absolute Gasteiger partial charge is 0.403 e. The molecule has 0 saturated heterocycles. The molecule has 33 heavy (non-hydrogen) atoms. The molecule has 1 saturated carbocycles. The van der Waals surface area contributed by atoms with Gasteiger partial charge in [0.15, 0.2) is 11.6 Å². The zero-order valence-corrected chi connectivity index (χ0v) is 19.1. The number of rotatable bonds is 6. The molecule has 178 valence electrons. The molecule has 1 nitrogen and oxygen atoms in total. The van der Waals surface area contributed by atoms with Crippen LogP contribution in [0.2, 0.25) is 0 Å². The van der Waals surface area contributed by atoms with E-state index in [-0.39, 0.29) is 5.92 Å². The summed E-state index contributed by atoms with van der Waals surface area (Å²) >= 11 is 0. The fourth-order valence-electron chi connectivity index (χ4n) is 5.60. The Morgan fingerprint density at radius 1 is 0.909 bits per heavy atom. The van der Waals surface area contributed by atoms with Crippen LogP contribution in [0.5, 0.6) is 5.75 Å². The Kier molecular flexibility index (Phi) is 7.45. The van der Waals surface area contributed by atoms with Crippen LogP contribution in [0.3, 0.4) is 0 Å². The van der Waals surface area contributed by atoms with Gasteiger partial charge in [0.1, 0.15) is 0 Å². The molecule has 4 rings (SSSR count). The van der Waals surface area contributed by atoms with Gasteiger partial charge in [-0.3, -0.25) is 0 Å². The fourth-order valence-corrected chi connectivity index (χ4v) is 5.60. The highest BCUT2D eigenvalue weighted by atomic mass is 19.4. The summed E-state index contributed by atoms with van der Waals surface area (Å²) in [5, 5.41) is 0. The lowest BCUT2D eigenvalue weighted by Crippen LogP contribution is -2.20. The molecule has 0 heterocycles. The molecule has 0 amide bonds. The first kappa shape index (κ1) is 23.8. The second kappa shape index (κ2) is 10.3. The van der Waals surface area contributed by atoms with Crippen molar-refractivity contribution in [1.82, 2.24) is 0 Å². The molecule has 0 aromatic heterocycles. The average Bonchev–Trinajstić information content (AvgIpc) is 2.81. The molecule has 5 heteroatoms. The van der Waals surface area contributed by atoms with Crippen LogP contribution in [-0.4, -0.2) is 6.36 Å². The van der Waals surface area contributed by atoms with Gasteiger partial charge in [-0.2, -0.15) is 0 Å². The van der Waals surface area contributed by atoms with Crippen molar-refractivity contribution in [3.8, 4) is 5.75 Å². The third-order valence-electron chi connectivity index (χ3n) is 7.44. The van der Waals surface area contributed by atoms with E-state index >= 15 is 0 Å². The molecular formula is C28H32F4O. The molecule has 0 aliphatic heterocycles. The fraction of sp³-hybridized carbons (Fsp3) is 0.500. The third-order valence-corrected chi connectivity index (χ3v) is 7.44. The molecule has 1 atom stereocenters. The number of hydrogen-bond donors (Lipinski definition) is 0. The summed E-state index contributed by atoms with van der Waals surface area (Å²) in [6.45, 7) is 2.08. The Labute approximate surface area is 193 Å². The second-order valence-corrected chi connectivity index (χ2v) is 9.53. The van der Waals surface area contributed by atoms with Crippen LogP contribution in [0.25, 0.3) is 0 Å².